The Morgan fingerprint density at radius 3 is 2.48 bits per heavy atom. The summed E-state index contributed by atoms with van der Waals surface area (Å²) in [5, 5.41) is 12.1. The zero-order chi connectivity index (χ0) is 16.3. The van der Waals surface area contributed by atoms with Gasteiger partial charge in [-0.15, -0.1) is 6.10 Å². The maximum atomic E-state index is 12.5. The summed E-state index contributed by atoms with van der Waals surface area (Å²) in [6.45, 7) is 5.33. The van der Waals surface area contributed by atoms with Gasteiger partial charge < -0.3 is 9.84 Å². The van der Waals surface area contributed by atoms with Gasteiger partial charge in [-0.25, -0.2) is 9.69 Å². The van der Waals surface area contributed by atoms with Crippen LogP contribution in [-0.2, 0) is 16.0 Å². The Hall–Kier alpha value is -1.28. The van der Waals surface area contributed by atoms with Crippen LogP contribution >= 0.6 is 0 Å². The minimum Gasteiger partial charge on any atom is -0.851 e. The van der Waals surface area contributed by atoms with Gasteiger partial charge in [-0.1, -0.05) is 57.0 Å². The van der Waals surface area contributed by atoms with Gasteiger partial charge in [0.1, 0.15) is 6.61 Å². The van der Waals surface area contributed by atoms with Crippen LogP contribution in [0.5, 0.6) is 0 Å². The molecule has 0 unspecified atom stereocenters. The third-order valence-electron chi connectivity index (χ3n) is 4.05. The van der Waals surface area contributed by atoms with E-state index in [0.717, 1.165) is 10.5 Å². The number of carbonyl (C=O) groups excluding carboxylic acids is 2. The fourth-order valence-electron chi connectivity index (χ4n) is 2.70. The van der Waals surface area contributed by atoms with E-state index in [-0.39, 0.29) is 37.4 Å². The standard InChI is InChI=1S/C17H22NO4.Li/c1-11(2)15(19)12(3)16(20)18-14(10-22-17(18)21)9-13-7-5-4-6-8-13;/h4-8,11-12,14-15H,9-10H2,1-3H3;/q-1;+1/t12-,14+,15+;/m1./s1. The summed E-state index contributed by atoms with van der Waals surface area (Å²) in [5.74, 6) is -1.34. The fourth-order valence-corrected chi connectivity index (χ4v) is 2.70. The first-order valence-corrected chi connectivity index (χ1v) is 7.61. The molecular formula is C17H22LiNO4. The van der Waals surface area contributed by atoms with Crippen molar-refractivity contribution in [2.45, 2.75) is 39.3 Å². The van der Waals surface area contributed by atoms with Crippen molar-refractivity contribution in [3.05, 3.63) is 35.9 Å². The Morgan fingerprint density at radius 1 is 1.30 bits per heavy atom. The first-order valence-electron chi connectivity index (χ1n) is 7.61. The Labute approximate surface area is 149 Å². The van der Waals surface area contributed by atoms with E-state index in [0.29, 0.717) is 6.42 Å². The number of ether oxygens (including phenoxy) is 1. The van der Waals surface area contributed by atoms with Crippen molar-refractivity contribution in [2.24, 2.45) is 11.8 Å². The van der Waals surface area contributed by atoms with Gasteiger partial charge in [0.05, 0.1) is 6.04 Å². The van der Waals surface area contributed by atoms with Crippen molar-refractivity contribution in [3.8, 4) is 0 Å². The summed E-state index contributed by atoms with van der Waals surface area (Å²) < 4.78 is 5.03. The monoisotopic (exact) mass is 311 g/mol. The second-order valence-corrected chi connectivity index (χ2v) is 6.13. The molecule has 0 radical (unpaired) electrons. The van der Waals surface area contributed by atoms with Gasteiger partial charge in [0.25, 0.3) is 0 Å². The third kappa shape index (κ3) is 4.60. The molecular weight excluding hydrogens is 289 g/mol. The van der Waals surface area contributed by atoms with Crippen LogP contribution in [0, 0.1) is 11.8 Å². The normalized spacial score (nSPS) is 20.0. The van der Waals surface area contributed by atoms with Crippen molar-refractivity contribution in [1.29, 1.82) is 0 Å². The molecule has 0 saturated carbocycles. The number of hydrogen-bond acceptors (Lipinski definition) is 4. The molecule has 5 nitrogen and oxygen atoms in total. The molecule has 0 aliphatic carbocycles. The Bertz CT molecular complexity index is 535. The Balaban J connectivity index is 0.00000264. The molecule has 3 atom stereocenters. The van der Waals surface area contributed by atoms with Crippen LogP contribution in [-0.4, -0.2) is 35.7 Å². The molecule has 0 aromatic heterocycles. The fraction of sp³-hybridized carbons (Fsp3) is 0.529. The summed E-state index contributed by atoms with van der Waals surface area (Å²) >= 11 is 0. The predicted molar refractivity (Wildman–Crippen MR) is 79.9 cm³/mol. The predicted octanol–water partition coefficient (Wildman–Crippen LogP) is -1.40. The number of carbonyl (C=O) groups is 2. The number of benzene rings is 1. The van der Waals surface area contributed by atoms with Crippen LogP contribution in [0.1, 0.15) is 26.3 Å². The third-order valence-corrected chi connectivity index (χ3v) is 4.05. The van der Waals surface area contributed by atoms with Gasteiger partial charge in [-0.3, -0.25) is 4.79 Å². The Morgan fingerprint density at radius 2 is 1.91 bits per heavy atom. The number of rotatable bonds is 5. The Kier molecular flexibility index (Phi) is 7.34. The number of amides is 2. The van der Waals surface area contributed by atoms with Crippen molar-refractivity contribution >= 4 is 12.0 Å². The average Bonchev–Trinajstić information content (AvgIpc) is 2.86. The van der Waals surface area contributed by atoms with Gasteiger partial charge in [0, 0.05) is 5.92 Å². The van der Waals surface area contributed by atoms with Gasteiger partial charge in [-0.2, -0.15) is 0 Å². The molecule has 2 amide bonds. The molecule has 1 aliphatic heterocycles. The molecule has 0 bridgehead atoms. The van der Waals surface area contributed by atoms with Crippen LogP contribution in [0.3, 0.4) is 0 Å². The van der Waals surface area contributed by atoms with E-state index in [1.54, 1.807) is 20.8 Å². The number of imide groups is 1. The summed E-state index contributed by atoms with van der Waals surface area (Å²) in [7, 11) is 0. The van der Waals surface area contributed by atoms with Gasteiger partial charge in [0.2, 0.25) is 5.91 Å². The van der Waals surface area contributed by atoms with Crippen LogP contribution in [0.15, 0.2) is 30.3 Å². The second-order valence-electron chi connectivity index (χ2n) is 6.13. The molecule has 120 valence electrons. The van der Waals surface area contributed by atoms with E-state index in [1.807, 2.05) is 30.3 Å². The molecule has 1 fully saturated rings. The molecule has 1 heterocycles. The van der Waals surface area contributed by atoms with Crippen LogP contribution < -0.4 is 24.0 Å². The second kappa shape index (κ2) is 8.54. The molecule has 1 saturated heterocycles. The molecule has 1 aliphatic rings. The first kappa shape index (κ1) is 19.8. The van der Waals surface area contributed by atoms with E-state index < -0.39 is 24.0 Å². The van der Waals surface area contributed by atoms with Crippen molar-refractivity contribution in [2.75, 3.05) is 6.61 Å². The van der Waals surface area contributed by atoms with Crippen LogP contribution in [0.2, 0.25) is 0 Å². The number of nitrogens with zero attached hydrogens (tertiary/aromatic N) is 1. The van der Waals surface area contributed by atoms with Gasteiger partial charge in [0.15, 0.2) is 0 Å². The quantitative estimate of drug-likeness (QED) is 0.627. The van der Waals surface area contributed by atoms with Gasteiger partial charge in [-0.05, 0) is 12.0 Å². The largest absolute Gasteiger partial charge is 1.00 e. The van der Waals surface area contributed by atoms with Crippen molar-refractivity contribution in [1.82, 2.24) is 4.90 Å². The average molecular weight is 311 g/mol. The van der Waals surface area contributed by atoms with E-state index in [1.165, 1.54) is 0 Å². The molecule has 1 aromatic rings. The van der Waals surface area contributed by atoms with Crippen molar-refractivity contribution in [3.63, 3.8) is 0 Å². The van der Waals surface area contributed by atoms with E-state index in [4.69, 9.17) is 4.74 Å². The summed E-state index contributed by atoms with van der Waals surface area (Å²) in [5.41, 5.74) is 1.03. The zero-order valence-corrected chi connectivity index (χ0v) is 14.2. The molecule has 0 spiro atoms. The van der Waals surface area contributed by atoms with Gasteiger partial charge >= 0.3 is 25.0 Å². The first-order chi connectivity index (χ1) is 10.4. The maximum Gasteiger partial charge on any atom is 1.00 e. The van der Waals surface area contributed by atoms with E-state index in [9.17, 15) is 14.7 Å². The van der Waals surface area contributed by atoms with Crippen molar-refractivity contribution < 1.29 is 38.3 Å². The molecule has 0 N–H and O–H groups in total. The van der Waals surface area contributed by atoms with E-state index >= 15 is 0 Å². The van der Waals surface area contributed by atoms with Crippen LogP contribution in [0.25, 0.3) is 0 Å². The summed E-state index contributed by atoms with van der Waals surface area (Å²) in [4.78, 5) is 25.6. The van der Waals surface area contributed by atoms with Crippen LogP contribution in [0.4, 0.5) is 4.79 Å². The number of hydrogen-bond donors (Lipinski definition) is 0. The molecule has 6 heteroatoms. The molecule has 1 aromatic carbocycles. The van der Waals surface area contributed by atoms with E-state index in [2.05, 4.69) is 0 Å². The summed E-state index contributed by atoms with van der Waals surface area (Å²) in [6, 6.07) is 9.28. The minimum absolute atomic E-state index is 0. The smallest absolute Gasteiger partial charge is 0.851 e. The number of cyclic esters (lactones) is 1. The SMILES string of the molecule is CC(C)[C@H]([O-])[C@@H](C)C(=O)N1C(=O)OC[C@@H]1Cc1ccccc1.[Li+]. The maximum absolute atomic E-state index is 12.5. The summed E-state index contributed by atoms with van der Waals surface area (Å²) in [6.07, 6.45) is -1.14. The molecule has 23 heavy (non-hydrogen) atoms. The topological polar surface area (TPSA) is 69.7 Å². The minimum atomic E-state index is -1.03. The zero-order valence-electron chi connectivity index (χ0n) is 14.2. The molecule has 2 rings (SSSR count).